The van der Waals surface area contributed by atoms with Gasteiger partial charge in [-0.1, -0.05) is 66.0 Å². The third kappa shape index (κ3) is 6.15. The van der Waals surface area contributed by atoms with E-state index in [1.807, 2.05) is 0 Å². The van der Waals surface area contributed by atoms with E-state index in [0.717, 1.165) is 106 Å². The number of allylic oxidation sites excluding steroid dienone is 1. The van der Waals surface area contributed by atoms with Crippen molar-refractivity contribution in [1.82, 2.24) is 4.90 Å². The lowest BCUT2D eigenvalue weighted by Crippen LogP contribution is -2.77. The van der Waals surface area contributed by atoms with Crippen LogP contribution >= 0.6 is 24.8 Å². The van der Waals surface area contributed by atoms with Gasteiger partial charge in [-0.15, -0.1) is 24.8 Å². The van der Waals surface area contributed by atoms with Gasteiger partial charge in [-0.05, 0) is 153 Å². The van der Waals surface area contributed by atoms with Crippen LogP contribution in [0.4, 0.5) is 4.79 Å². The average molecular weight is 721 g/mol. The molecule has 1 amide bonds. The fraction of sp³-hybridized carbons (Fsp3) is 0.929. The van der Waals surface area contributed by atoms with Crippen molar-refractivity contribution < 1.29 is 9.53 Å². The second-order valence-corrected chi connectivity index (χ2v) is 20.8. The number of fused-ring (bicyclic) bond motifs is 5. The summed E-state index contributed by atoms with van der Waals surface area (Å²) in [6, 6.07) is 0. The van der Waals surface area contributed by atoms with Gasteiger partial charge in [0, 0.05) is 30.6 Å². The second kappa shape index (κ2) is 12.8. The molecule has 10 aliphatic carbocycles. The van der Waals surface area contributed by atoms with Crippen LogP contribution in [0.1, 0.15) is 151 Å². The molecule has 4 N–H and O–H groups in total. The first-order chi connectivity index (χ1) is 22.1. The summed E-state index contributed by atoms with van der Waals surface area (Å²) >= 11 is 0. The molecule has 4 bridgehead atoms. The molecular formula is C42H71Cl2N3O2. The topological polar surface area (TPSA) is 81.6 Å². The zero-order valence-corrected chi connectivity index (χ0v) is 33.5. The SMILES string of the molecule is CC[C@H](CC[C@@H](C)C1CCC2C3CC=C4CC(OC(=O)N(CC56CC(N)(C5)C6)CC56CC(N)(C5)C6)CCC4(C)C3CCC21C)C(C)C.Cl.Cl. The van der Waals surface area contributed by atoms with Crippen LogP contribution in [0, 0.1) is 63.1 Å². The molecule has 7 heteroatoms. The Morgan fingerprint density at radius 1 is 0.878 bits per heavy atom. The van der Waals surface area contributed by atoms with E-state index in [2.05, 4.69) is 52.5 Å². The summed E-state index contributed by atoms with van der Waals surface area (Å²) in [5, 5.41) is 0. The largest absolute Gasteiger partial charge is 0.446 e. The van der Waals surface area contributed by atoms with Gasteiger partial charge in [0.25, 0.3) is 0 Å². The Balaban J connectivity index is 0.00000208. The normalized spacial score (nSPS) is 47.9. The van der Waals surface area contributed by atoms with Crippen LogP contribution in [-0.2, 0) is 4.74 Å². The summed E-state index contributed by atoms with van der Waals surface area (Å²) in [5.74, 6) is 5.96. The van der Waals surface area contributed by atoms with Crippen molar-refractivity contribution >= 4 is 30.9 Å². The van der Waals surface area contributed by atoms with Crippen molar-refractivity contribution in [1.29, 1.82) is 0 Å². The van der Waals surface area contributed by atoms with Crippen molar-refractivity contribution in [2.24, 2.45) is 74.6 Å². The van der Waals surface area contributed by atoms with Crippen molar-refractivity contribution in [3.8, 4) is 0 Å². The summed E-state index contributed by atoms with van der Waals surface area (Å²) in [6.45, 7) is 16.8. The van der Waals surface area contributed by atoms with E-state index in [1.165, 1.54) is 57.8 Å². The molecule has 0 radical (unpaired) electrons. The number of carbonyl (C=O) groups is 1. The summed E-state index contributed by atoms with van der Waals surface area (Å²) in [5.41, 5.74) is 15.9. The number of rotatable bonds is 11. The molecule has 7 unspecified atom stereocenters. The summed E-state index contributed by atoms with van der Waals surface area (Å²) in [6.07, 6.45) is 23.3. The zero-order valence-electron chi connectivity index (χ0n) is 31.9. The van der Waals surface area contributed by atoms with Crippen LogP contribution in [-0.4, -0.2) is 41.3 Å². The molecule has 9 saturated carbocycles. The highest BCUT2D eigenvalue weighted by molar-refractivity contribution is 5.85. The molecule has 9 fully saturated rings. The number of halogens is 2. The Hall–Kier alpha value is -0.490. The van der Waals surface area contributed by atoms with E-state index in [-0.39, 0.29) is 64.3 Å². The molecule has 10 aliphatic rings. The van der Waals surface area contributed by atoms with Crippen LogP contribution in [0.2, 0.25) is 0 Å². The van der Waals surface area contributed by atoms with Gasteiger partial charge < -0.3 is 21.1 Å². The summed E-state index contributed by atoms with van der Waals surface area (Å²) in [7, 11) is 0. The maximum Gasteiger partial charge on any atom is 0.410 e. The molecule has 10 rings (SSSR count). The highest BCUT2D eigenvalue weighted by atomic mass is 35.5. The van der Waals surface area contributed by atoms with Crippen molar-refractivity contribution in [3.05, 3.63) is 11.6 Å². The third-order valence-electron chi connectivity index (χ3n) is 17.2. The molecule has 0 saturated heterocycles. The standard InChI is InChI=1S/C42H69N3O2.2ClH/c1-7-29(27(2)3)9-8-28(4)33-12-13-34-32-11-10-30-18-31(14-16-37(30,5)35(32)15-17-38(33,34)6)47-36(46)45(25-39-19-41(43,20-39)21-39)26-40-22-42(44,23-40)24-40;;/h10,27-29,31-35H,7-9,11-26,43-44H2,1-6H3;2*1H/t28-,29-,31?,32?,33?,34?,35?,37?,38?,39?,40?,41?,42?;;/m1../s1. The van der Waals surface area contributed by atoms with Gasteiger partial charge in [-0.25, -0.2) is 4.79 Å². The lowest BCUT2D eigenvalue weighted by molar-refractivity contribution is -0.173. The summed E-state index contributed by atoms with van der Waals surface area (Å²) < 4.78 is 6.47. The minimum atomic E-state index is -0.0577. The lowest BCUT2D eigenvalue weighted by atomic mass is 9.38. The smallest absolute Gasteiger partial charge is 0.410 e. The number of nitrogens with zero attached hydrogens (tertiary/aromatic N) is 1. The molecule has 0 aromatic heterocycles. The van der Waals surface area contributed by atoms with Crippen LogP contribution in [0.5, 0.6) is 0 Å². The third-order valence-corrected chi connectivity index (χ3v) is 17.2. The van der Waals surface area contributed by atoms with Crippen LogP contribution in [0.3, 0.4) is 0 Å². The van der Waals surface area contributed by atoms with Crippen LogP contribution < -0.4 is 11.5 Å². The molecule has 0 aromatic carbocycles. The molecule has 49 heavy (non-hydrogen) atoms. The fourth-order valence-electron chi connectivity index (χ4n) is 15.1. The monoisotopic (exact) mass is 719 g/mol. The maximum absolute atomic E-state index is 13.9. The van der Waals surface area contributed by atoms with E-state index in [0.29, 0.717) is 5.41 Å². The van der Waals surface area contributed by atoms with Crippen LogP contribution in [0.15, 0.2) is 11.6 Å². The minimum Gasteiger partial charge on any atom is -0.446 e. The molecule has 280 valence electrons. The van der Waals surface area contributed by atoms with Gasteiger partial charge in [0.15, 0.2) is 0 Å². The van der Waals surface area contributed by atoms with Crippen molar-refractivity contribution in [2.75, 3.05) is 13.1 Å². The van der Waals surface area contributed by atoms with Crippen molar-refractivity contribution in [3.63, 3.8) is 0 Å². The Morgan fingerprint density at radius 2 is 1.49 bits per heavy atom. The maximum atomic E-state index is 13.9. The number of nitrogens with two attached hydrogens (primary N) is 2. The Kier molecular flexibility index (Phi) is 10.0. The number of ether oxygens (including phenoxy) is 1. The van der Waals surface area contributed by atoms with Crippen LogP contribution in [0.25, 0.3) is 0 Å². The Bertz CT molecular complexity index is 1230. The van der Waals surface area contributed by atoms with E-state index in [1.54, 1.807) is 5.57 Å². The zero-order chi connectivity index (χ0) is 33.2. The molecular weight excluding hydrogens is 649 g/mol. The van der Waals surface area contributed by atoms with Gasteiger partial charge >= 0.3 is 6.09 Å². The van der Waals surface area contributed by atoms with Gasteiger partial charge in [-0.2, -0.15) is 0 Å². The van der Waals surface area contributed by atoms with E-state index >= 15 is 0 Å². The average Bonchev–Trinajstić information content (AvgIpc) is 3.31. The van der Waals surface area contributed by atoms with E-state index in [9.17, 15) is 4.79 Å². The fourth-order valence-corrected chi connectivity index (χ4v) is 15.1. The first-order valence-electron chi connectivity index (χ1n) is 20.3. The molecule has 0 heterocycles. The predicted molar refractivity (Wildman–Crippen MR) is 205 cm³/mol. The Morgan fingerprint density at radius 3 is 2.04 bits per heavy atom. The number of hydrogen-bond acceptors (Lipinski definition) is 4. The van der Waals surface area contributed by atoms with Gasteiger partial charge in [-0.3, -0.25) is 0 Å². The number of amides is 1. The van der Waals surface area contributed by atoms with Gasteiger partial charge in [0.05, 0.1) is 0 Å². The Labute approximate surface area is 311 Å². The molecule has 5 nitrogen and oxygen atoms in total. The quantitative estimate of drug-likeness (QED) is 0.208. The molecule has 0 aromatic rings. The molecule has 0 spiro atoms. The highest BCUT2D eigenvalue weighted by Crippen LogP contribution is 2.69. The second-order valence-electron chi connectivity index (χ2n) is 20.8. The van der Waals surface area contributed by atoms with E-state index in [4.69, 9.17) is 16.2 Å². The van der Waals surface area contributed by atoms with Crippen molar-refractivity contribution in [2.45, 2.75) is 168 Å². The molecule has 0 aliphatic heterocycles. The number of carbonyl (C=O) groups excluding carboxylic acids is 1. The molecule has 9 atom stereocenters. The van der Waals surface area contributed by atoms with E-state index < -0.39 is 0 Å². The first kappa shape index (κ1) is 38.2. The number of hydrogen-bond donors (Lipinski definition) is 2. The minimum absolute atomic E-state index is 0. The summed E-state index contributed by atoms with van der Waals surface area (Å²) in [4.78, 5) is 16.0. The lowest BCUT2D eigenvalue weighted by Gasteiger charge is -2.72. The van der Waals surface area contributed by atoms with Gasteiger partial charge in [0.2, 0.25) is 0 Å². The first-order valence-corrected chi connectivity index (χ1v) is 20.3. The predicted octanol–water partition coefficient (Wildman–Crippen LogP) is 10.1. The highest BCUT2D eigenvalue weighted by Gasteiger charge is 2.69. The van der Waals surface area contributed by atoms with Gasteiger partial charge in [0.1, 0.15) is 6.10 Å².